The Morgan fingerprint density at radius 2 is 1.13 bits per heavy atom. The van der Waals surface area contributed by atoms with Crippen molar-refractivity contribution in [1.29, 1.82) is 0 Å². The van der Waals surface area contributed by atoms with Crippen LogP contribution in [-0.2, 0) is 38.3 Å². The first kappa shape index (κ1) is 28.6. The molecule has 3 amide bonds. The Morgan fingerprint density at radius 1 is 0.684 bits per heavy atom. The number of benzene rings is 3. The van der Waals surface area contributed by atoms with Crippen LogP contribution < -0.4 is 16.0 Å². The number of nitrogens with one attached hydrogen (secondary N) is 3. The molecule has 0 aliphatic carbocycles. The van der Waals surface area contributed by atoms with Gasteiger partial charge in [-0.05, 0) is 16.7 Å². The smallest absolute Gasteiger partial charge is 0.408 e. The van der Waals surface area contributed by atoms with Crippen LogP contribution in [0.25, 0.3) is 0 Å². The maximum Gasteiger partial charge on any atom is 0.408 e. The Hall–Kier alpha value is -3.98. The largest absolute Gasteiger partial charge is 0.445 e. The SMILES string of the molecule is O=C(NC(Cc1ccccc1)C(=O)NC(Cc1ccccc1)C(=O)NCP(=O)(O)O)OCc1ccccc1. The molecule has 0 heterocycles. The quantitative estimate of drug-likeness (QED) is 0.222. The van der Waals surface area contributed by atoms with Crippen molar-refractivity contribution < 1.29 is 33.5 Å². The van der Waals surface area contributed by atoms with E-state index in [9.17, 15) is 18.9 Å². The summed E-state index contributed by atoms with van der Waals surface area (Å²) >= 11 is 0. The maximum absolute atomic E-state index is 13.3. The van der Waals surface area contributed by atoms with Crippen molar-refractivity contribution in [2.75, 3.05) is 6.29 Å². The molecule has 3 rings (SSSR count). The number of ether oxygens (including phenoxy) is 1. The van der Waals surface area contributed by atoms with E-state index < -0.39 is 43.9 Å². The first-order valence-corrected chi connectivity index (χ1v) is 13.7. The second-order valence-electron chi connectivity index (χ2n) is 8.56. The van der Waals surface area contributed by atoms with Gasteiger partial charge in [-0.3, -0.25) is 14.2 Å². The van der Waals surface area contributed by atoms with Crippen LogP contribution in [-0.4, -0.2) is 46.1 Å². The number of rotatable bonds is 12. The fraction of sp³-hybridized carbons (Fsp3) is 0.222. The van der Waals surface area contributed by atoms with E-state index >= 15 is 0 Å². The number of hydrogen-bond acceptors (Lipinski definition) is 5. The fourth-order valence-corrected chi connectivity index (χ4v) is 3.96. The monoisotopic (exact) mass is 539 g/mol. The molecule has 0 saturated heterocycles. The van der Waals surface area contributed by atoms with E-state index in [-0.39, 0.29) is 19.4 Å². The Balaban J connectivity index is 1.74. The zero-order valence-electron chi connectivity index (χ0n) is 20.5. The van der Waals surface area contributed by atoms with Gasteiger partial charge in [0.2, 0.25) is 11.8 Å². The lowest BCUT2D eigenvalue weighted by molar-refractivity contribution is -0.129. The number of carbonyl (C=O) groups excluding carboxylic acids is 3. The Labute approximate surface area is 220 Å². The van der Waals surface area contributed by atoms with Gasteiger partial charge in [0, 0.05) is 12.8 Å². The van der Waals surface area contributed by atoms with Crippen LogP contribution in [0.2, 0.25) is 0 Å². The lowest BCUT2D eigenvalue weighted by Gasteiger charge is -2.23. The first-order chi connectivity index (χ1) is 18.2. The summed E-state index contributed by atoms with van der Waals surface area (Å²) in [5.74, 6) is -1.42. The van der Waals surface area contributed by atoms with Gasteiger partial charge < -0.3 is 30.5 Å². The average molecular weight is 540 g/mol. The minimum atomic E-state index is -4.51. The van der Waals surface area contributed by atoms with Crippen LogP contribution in [0.4, 0.5) is 4.79 Å². The van der Waals surface area contributed by atoms with E-state index in [4.69, 9.17) is 14.5 Å². The highest BCUT2D eigenvalue weighted by Crippen LogP contribution is 2.31. The van der Waals surface area contributed by atoms with E-state index in [1.54, 1.807) is 66.7 Å². The van der Waals surface area contributed by atoms with E-state index in [1.165, 1.54) is 0 Å². The normalized spacial score (nSPS) is 12.6. The van der Waals surface area contributed by atoms with Gasteiger partial charge in [-0.2, -0.15) is 0 Å². The minimum absolute atomic E-state index is 0.00770. The molecule has 0 fully saturated rings. The van der Waals surface area contributed by atoms with Crippen molar-refractivity contribution >= 4 is 25.5 Å². The lowest BCUT2D eigenvalue weighted by atomic mass is 10.0. The summed E-state index contributed by atoms with van der Waals surface area (Å²) in [7, 11) is -4.51. The number of carbonyl (C=O) groups is 3. The summed E-state index contributed by atoms with van der Waals surface area (Å²) in [6, 6.07) is 24.7. The van der Waals surface area contributed by atoms with Crippen molar-refractivity contribution in [2.24, 2.45) is 0 Å². The highest BCUT2D eigenvalue weighted by atomic mass is 31.2. The molecule has 0 radical (unpaired) electrons. The van der Waals surface area contributed by atoms with Crippen LogP contribution in [0.1, 0.15) is 16.7 Å². The zero-order chi connectivity index (χ0) is 27.4. The molecule has 5 N–H and O–H groups in total. The van der Waals surface area contributed by atoms with Crippen LogP contribution in [0.5, 0.6) is 0 Å². The highest BCUT2D eigenvalue weighted by Gasteiger charge is 2.28. The molecule has 200 valence electrons. The van der Waals surface area contributed by atoms with Gasteiger partial charge in [0.1, 0.15) is 25.0 Å². The Kier molecular flexibility index (Phi) is 10.6. The Bertz CT molecular complexity index is 1240. The van der Waals surface area contributed by atoms with Gasteiger partial charge in [0.05, 0.1) is 0 Å². The van der Waals surface area contributed by atoms with E-state index in [1.807, 2.05) is 24.3 Å². The summed E-state index contributed by atoms with van der Waals surface area (Å²) in [6.07, 6.45) is -1.49. The number of hydrogen-bond donors (Lipinski definition) is 5. The molecular formula is C27H30N3O7P. The second-order valence-corrected chi connectivity index (χ2v) is 10.2. The molecule has 11 heteroatoms. The highest BCUT2D eigenvalue weighted by molar-refractivity contribution is 7.51. The van der Waals surface area contributed by atoms with Crippen molar-refractivity contribution in [1.82, 2.24) is 16.0 Å². The van der Waals surface area contributed by atoms with Crippen molar-refractivity contribution in [3.63, 3.8) is 0 Å². The van der Waals surface area contributed by atoms with Gasteiger partial charge in [-0.15, -0.1) is 0 Å². The third kappa shape index (κ3) is 10.2. The minimum Gasteiger partial charge on any atom is -0.445 e. The third-order valence-electron chi connectivity index (χ3n) is 5.48. The van der Waals surface area contributed by atoms with Crippen molar-refractivity contribution in [3.05, 3.63) is 108 Å². The van der Waals surface area contributed by atoms with Crippen LogP contribution in [0.3, 0.4) is 0 Å². The fourth-order valence-electron chi connectivity index (χ4n) is 3.60. The molecular weight excluding hydrogens is 509 g/mol. The standard InChI is InChI=1S/C27H30N3O7P/c31-25(28-19-38(34,35)36)23(16-20-10-4-1-5-11-20)29-26(32)24(17-21-12-6-2-7-13-21)30-27(33)37-18-22-14-8-3-9-15-22/h1-15,23-24H,16-19H2,(H,28,31)(H,29,32)(H,30,33)(H2,34,35,36). The molecule has 0 spiro atoms. The molecule has 10 nitrogen and oxygen atoms in total. The summed E-state index contributed by atoms with van der Waals surface area (Å²) in [5.41, 5.74) is 2.26. The van der Waals surface area contributed by atoms with Crippen molar-refractivity contribution in [2.45, 2.75) is 31.5 Å². The molecule has 2 atom stereocenters. The number of alkyl carbamates (subject to hydrolysis) is 1. The molecule has 38 heavy (non-hydrogen) atoms. The van der Waals surface area contributed by atoms with Gasteiger partial charge in [-0.25, -0.2) is 4.79 Å². The molecule has 0 aromatic heterocycles. The van der Waals surface area contributed by atoms with Crippen LogP contribution in [0.15, 0.2) is 91.0 Å². The molecule has 3 aromatic rings. The van der Waals surface area contributed by atoms with Crippen molar-refractivity contribution in [3.8, 4) is 0 Å². The van der Waals surface area contributed by atoms with Crippen LogP contribution in [0, 0.1) is 0 Å². The van der Waals surface area contributed by atoms with Crippen LogP contribution >= 0.6 is 7.60 Å². The van der Waals surface area contributed by atoms with Gasteiger partial charge in [0.25, 0.3) is 0 Å². The molecule has 0 bridgehead atoms. The molecule has 0 aliphatic rings. The predicted octanol–water partition coefficient (Wildman–Crippen LogP) is 2.50. The summed E-state index contributed by atoms with van der Waals surface area (Å²) < 4.78 is 16.5. The molecule has 0 aliphatic heterocycles. The molecule has 0 saturated carbocycles. The lowest BCUT2D eigenvalue weighted by Crippen LogP contribution is -2.55. The maximum atomic E-state index is 13.3. The third-order valence-corrected chi connectivity index (χ3v) is 6.05. The Morgan fingerprint density at radius 3 is 1.61 bits per heavy atom. The summed E-state index contributed by atoms with van der Waals surface area (Å²) in [5, 5.41) is 7.38. The summed E-state index contributed by atoms with van der Waals surface area (Å²) in [4.78, 5) is 57.0. The van der Waals surface area contributed by atoms with E-state index in [0.29, 0.717) is 0 Å². The zero-order valence-corrected chi connectivity index (χ0v) is 21.4. The van der Waals surface area contributed by atoms with Gasteiger partial charge in [-0.1, -0.05) is 91.0 Å². The molecule has 3 aromatic carbocycles. The van der Waals surface area contributed by atoms with Gasteiger partial charge in [0.15, 0.2) is 0 Å². The second kappa shape index (κ2) is 14.1. The van der Waals surface area contributed by atoms with E-state index in [0.717, 1.165) is 16.7 Å². The number of amides is 3. The average Bonchev–Trinajstić information content (AvgIpc) is 2.91. The van der Waals surface area contributed by atoms with E-state index in [2.05, 4.69) is 16.0 Å². The summed E-state index contributed by atoms with van der Waals surface area (Å²) in [6.45, 7) is 0.00770. The topological polar surface area (TPSA) is 154 Å². The first-order valence-electron chi connectivity index (χ1n) is 11.9. The molecule has 2 unspecified atom stereocenters. The van der Waals surface area contributed by atoms with Gasteiger partial charge >= 0.3 is 13.7 Å². The predicted molar refractivity (Wildman–Crippen MR) is 141 cm³/mol.